The van der Waals surface area contributed by atoms with Gasteiger partial charge in [0, 0.05) is 19.1 Å². The number of halogens is 1. The van der Waals surface area contributed by atoms with Crippen LogP contribution in [-0.2, 0) is 4.74 Å². The summed E-state index contributed by atoms with van der Waals surface area (Å²) in [5.74, 6) is 1.65. The van der Waals surface area contributed by atoms with Gasteiger partial charge in [-0.25, -0.2) is 0 Å². The summed E-state index contributed by atoms with van der Waals surface area (Å²) in [5, 5.41) is 0. The van der Waals surface area contributed by atoms with Crippen molar-refractivity contribution >= 4 is 11.6 Å². The summed E-state index contributed by atoms with van der Waals surface area (Å²) in [4.78, 5) is 0. The van der Waals surface area contributed by atoms with Crippen LogP contribution in [0, 0.1) is 11.3 Å². The molecule has 1 aliphatic rings. The number of rotatable bonds is 6. The fourth-order valence-corrected chi connectivity index (χ4v) is 1.96. The van der Waals surface area contributed by atoms with Crippen LogP contribution in [0.15, 0.2) is 0 Å². The fraction of sp³-hybridized carbons (Fsp3) is 1.00. The summed E-state index contributed by atoms with van der Waals surface area (Å²) < 4.78 is 5.35. The van der Waals surface area contributed by atoms with E-state index in [1.54, 1.807) is 0 Å². The maximum absolute atomic E-state index is 5.97. The molecular formula is C10H19ClO. The molecule has 1 unspecified atom stereocenters. The highest BCUT2D eigenvalue weighted by Gasteiger charge is 2.40. The standard InChI is InChI=1S/C10H19ClO/c1-3-12-7-6-10(2,8-11)9-4-5-9/h9H,3-8H2,1-2H3. The molecule has 0 amide bonds. The van der Waals surface area contributed by atoms with Crippen molar-refractivity contribution in [3.63, 3.8) is 0 Å². The van der Waals surface area contributed by atoms with Crippen molar-refractivity contribution in [1.82, 2.24) is 0 Å². The van der Waals surface area contributed by atoms with Crippen LogP contribution in [0.1, 0.15) is 33.1 Å². The molecule has 0 aromatic heterocycles. The average Bonchev–Trinajstić information content (AvgIpc) is 2.87. The van der Waals surface area contributed by atoms with Crippen molar-refractivity contribution in [1.29, 1.82) is 0 Å². The van der Waals surface area contributed by atoms with E-state index in [0.717, 1.165) is 31.4 Å². The van der Waals surface area contributed by atoms with E-state index in [1.807, 2.05) is 6.92 Å². The Hall–Kier alpha value is 0.250. The predicted octanol–water partition coefficient (Wildman–Crippen LogP) is 3.07. The molecule has 0 aliphatic heterocycles. The lowest BCUT2D eigenvalue weighted by atomic mass is 9.84. The molecule has 1 aliphatic carbocycles. The Kier molecular flexibility index (Phi) is 3.85. The summed E-state index contributed by atoms with van der Waals surface area (Å²) in [5.41, 5.74) is 0.344. The highest BCUT2D eigenvalue weighted by Crippen LogP contribution is 2.48. The molecule has 0 saturated heterocycles. The molecule has 0 spiro atoms. The SMILES string of the molecule is CCOCCC(C)(CCl)C1CC1. The van der Waals surface area contributed by atoms with E-state index in [0.29, 0.717) is 5.41 Å². The maximum Gasteiger partial charge on any atom is 0.0471 e. The Bertz CT molecular complexity index is 134. The van der Waals surface area contributed by atoms with Crippen molar-refractivity contribution in [2.24, 2.45) is 11.3 Å². The van der Waals surface area contributed by atoms with Crippen molar-refractivity contribution in [3.05, 3.63) is 0 Å². The minimum atomic E-state index is 0.344. The molecule has 0 N–H and O–H groups in total. The lowest BCUT2D eigenvalue weighted by molar-refractivity contribution is 0.108. The third-order valence-corrected chi connectivity index (χ3v) is 3.50. The van der Waals surface area contributed by atoms with E-state index in [4.69, 9.17) is 16.3 Å². The molecule has 2 heteroatoms. The van der Waals surface area contributed by atoms with Gasteiger partial charge < -0.3 is 4.74 Å². The molecule has 0 aromatic rings. The molecule has 0 radical (unpaired) electrons. The van der Waals surface area contributed by atoms with Crippen LogP contribution in [-0.4, -0.2) is 19.1 Å². The number of hydrogen-bond acceptors (Lipinski definition) is 1. The highest BCUT2D eigenvalue weighted by atomic mass is 35.5. The highest BCUT2D eigenvalue weighted by molar-refractivity contribution is 6.18. The second-order valence-electron chi connectivity index (χ2n) is 4.01. The third-order valence-electron chi connectivity index (χ3n) is 2.89. The Morgan fingerprint density at radius 2 is 2.17 bits per heavy atom. The van der Waals surface area contributed by atoms with Crippen LogP contribution in [0.2, 0.25) is 0 Å². The van der Waals surface area contributed by atoms with Gasteiger partial charge in [-0.1, -0.05) is 6.92 Å². The minimum Gasteiger partial charge on any atom is -0.382 e. The second kappa shape index (κ2) is 4.48. The quantitative estimate of drug-likeness (QED) is 0.462. The largest absolute Gasteiger partial charge is 0.382 e. The van der Waals surface area contributed by atoms with Gasteiger partial charge in [0.15, 0.2) is 0 Å². The number of ether oxygens (including phenoxy) is 1. The average molecular weight is 191 g/mol. The maximum atomic E-state index is 5.97. The van der Waals surface area contributed by atoms with Gasteiger partial charge in [0.25, 0.3) is 0 Å². The first-order valence-corrected chi connectivity index (χ1v) is 5.40. The third kappa shape index (κ3) is 2.63. The van der Waals surface area contributed by atoms with E-state index in [1.165, 1.54) is 12.8 Å². The van der Waals surface area contributed by atoms with E-state index in [-0.39, 0.29) is 0 Å². The Balaban J connectivity index is 2.23. The van der Waals surface area contributed by atoms with E-state index < -0.39 is 0 Å². The van der Waals surface area contributed by atoms with Gasteiger partial charge >= 0.3 is 0 Å². The Morgan fingerprint density at radius 3 is 2.58 bits per heavy atom. The van der Waals surface area contributed by atoms with Crippen molar-refractivity contribution < 1.29 is 4.74 Å². The molecule has 1 nitrogen and oxygen atoms in total. The van der Waals surface area contributed by atoms with Gasteiger partial charge in [0.2, 0.25) is 0 Å². The molecule has 1 saturated carbocycles. The first kappa shape index (κ1) is 10.3. The molecular weight excluding hydrogens is 172 g/mol. The van der Waals surface area contributed by atoms with Gasteiger partial charge in [0.05, 0.1) is 0 Å². The topological polar surface area (TPSA) is 9.23 Å². The summed E-state index contributed by atoms with van der Waals surface area (Å²) in [6.45, 7) is 6.02. The van der Waals surface area contributed by atoms with Gasteiger partial charge in [-0.3, -0.25) is 0 Å². The first-order valence-electron chi connectivity index (χ1n) is 4.86. The smallest absolute Gasteiger partial charge is 0.0471 e. The second-order valence-corrected chi connectivity index (χ2v) is 4.28. The molecule has 12 heavy (non-hydrogen) atoms. The van der Waals surface area contributed by atoms with Crippen molar-refractivity contribution in [3.8, 4) is 0 Å². The number of hydrogen-bond donors (Lipinski definition) is 0. The van der Waals surface area contributed by atoms with Gasteiger partial charge in [0.1, 0.15) is 0 Å². The summed E-state index contributed by atoms with van der Waals surface area (Å²) in [6.07, 6.45) is 3.86. The van der Waals surface area contributed by atoms with Crippen molar-refractivity contribution in [2.45, 2.75) is 33.1 Å². The molecule has 0 aromatic carbocycles. The fourth-order valence-electron chi connectivity index (χ4n) is 1.61. The zero-order chi connectivity index (χ0) is 9.03. The molecule has 1 rings (SSSR count). The normalized spacial score (nSPS) is 22.2. The van der Waals surface area contributed by atoms with Crippen LogP contribution in [0.5, 0.6) is 0 Å². The molecule has 72 valence electrons. The zero-order valence-electron chi connectivity index (χ0n) is 8.11. The van der Waals surface area contributed by atoms with Gasteiger partial charge in [-0.05, 0) is 37.5 Å². The molecule has 1 atom stereocenters. The summed E-state index contributed by atoms with van der Waals surface area (Å²) in [7, 11) is 0. The van der Waals surface area contributed by atoms with Crippen LogP contribution >= 0.6 is 11.6 Å². The van der Waals surface area contributed by atoms with E-state index in [9.17, 15) is 0 Å². The minimum absolute atomic E-state index is 0.344. The van der Waals surface area contributed by atoms with Gasteiger partial charge in [-0.15, -0.1) is 11.6 Å². The molecule has 0 bridgehead atoms. The number of alkyl halides is 1. The molecule has 0 heterocycles. The van der Waals surface area contributed by atoms with Crippen LogP contribution in [0.3, 0.4) is 0 Å². The summed E-state index contributed by atoms with van der Waals surface area (Å²) >= 11 is 5.97. The lowest BCUT2D eigenvalue weighted by Crippen LogP contribution is -2.23. The van der Waals surface area contributed by atoms with E-state index in [2.05, 4.69) is 6.92 Å². The first-order chi connectivity index (χ1) is 5.73. The van der Waals surface area contributed by atoms with Crippen LogP contribution in [0.25, 0.3) is 0 Å². The van der Waals surface area contributed by atoms with E-state index >= 15 is 0 Å². The Labute approximate surface area is 80.4 Å². The monoisotopic (exact) mass is 190 g/mol. The molecule has 1 fully saturated rings. The van der Waals surface area contributed by atoms with Crippen LogP contribution in [0.4, 0.5) is 0 Å². The summed E-state index contributed by atoms with van der Waals surface area (Å²) in [6, 6.07) is 0. The Morgan fingerprint density at radius 1 is 1.50 bits per heavy atom. The lowest BCUT2D eigenvalue weighted by Gasteiger charge is -2.26. The predicted molar refractivity (Wildman–Crippen MR) is 52.7 cm³/mol. The zero-order valence-corrected chi connectivity index (χ0v) is 8.86. The van der Waals surface area contributed by atoms with Gasteiger partial charge in [-0.2, -0.15) is 0 Å². The van der Waals surface area contributed by atoms with Crippen LogP contribution < -0.4 is 0 Å². The van der Waals surface area contributed by atoms with Crippen molar-refractivity contribution in [2.75, 3.05) is 19.1 Å².